The first-order chi connectivity index (χ1) is 9.23. The molecule has 0 fully saturated rings. The van der Waals surface area contributed by atoms with Crippen molar-refractivity contribution in [3.63, 3.8) is 0 Å². The first-order valence-corrected chi connectivity index (χ1v) is 5.36. The highest BCUT2D eigenvalue weighted by molar-refractivity contribution is 6.01. The van der Waals surface area contributed by atoms with Gasteiger partial charge >= 0.3 is 5.97 Å². The van der Waals surface area contributed by atoms with Crippen LogP contribution in [0.4, 0.5) is 15.8 Å². The first-order valence-electron chi connectivity index (χ1n) is 5.36. The number of rotatable bonds is 6. The lowest BCUT2D eigenvalue weighted by molar-refractivity contribution is -0.117. The third-order valence-corrected chi connectivity index (χ3v) is 2.42. The molecule has 0 radical (unpaired) electrons. The zero-order valence-electron chi connectivity index (χ0n) is 10.3. The van der Waals surface area contributed by atoms with Crippen LogP contribution in [0.2, 0.25) is 0 Å². The van der Waals surface area contributed by atoms with E-state index >= 15 is 0 Å². The molecule has 0 atom stereocenters. The van der Waals surface area contributed by atoms with Gasteiger partial charge in [0.15, 0.2) is 0 Å². The van der Waals surface area contributed by atoms with Gasteiger partial charge in [-0.1, -0.05) is 0 Å². The quantitative estimate of drug-likeness (QED) is 0.485. The second kappa shape index (κ2) is 5.87. The Balaban J connectivity index is 3.38. The molecular formula is C11H13FN4O4. The number of benzene rings is 1. The molecule has 0 aliphatic carbocycles. The fraction of sp³-hybridized carbons (Fsp3) is 0.182. The van der Waals surface area contributed by atoms with E-state index in [2.05, 4.69) is 0 Å². The zero-order valence-corrected chi connectivity index (χ0v) is 10.3. The van der Waals surface area contributed by atoms with Gasteiger partial charge in [0.05, 0.1) is 24.5 Å². The van der Waals surface area contributed by atoms with Crippen LogP contribution in [0, 0.1) is 5.82 Å². The highest BCUT2D eigenvalue weighted by atomic mass is 19.1. The van der Waals surface area contributed by atoms with Crippen molar-refractivity contribution in [3.05, 3.63) is 23.5 Å². The molecule has 1 rings (SSSR count). The predicted octanol–water partition coefficient (Wildman–Crippen LogP) is -1.12. The third kappa shape index (κ3) is 3.34. The Bertz CT molecular complexity index is 560. The molecule has 1 aromatic rings. The lowest BCUT2D eigenvalue weighted by atomic mass is 10.1. The van der Waals surface area contributed by atoms with Crippen LogP contribution in [0.15, 0.2) is 12.1 Å². The van der Waals surface area contributed by atoms with Crippen LogP contribution in [-0.2, 0) is 9.59 Å². The molecule has 0 aliphatic heterocycles. The lowest BCUT2D eigenvalue weighted by Gasteiger charge is -2.24. The van der Waals surface area contributed by atoms with Crippen molar-refractivity contribution in [3.8, 4) is 0 Å². The first kappa shape index (κ1) is 15.2. The maximum atomic E-state index is 13.3. The molecule has 0 aliphatic rings. The van der Waals surface area contributed by atoms with Crippen molar-refractivity contribution in [1.82, 2.24) is 0 Å². The Hall–Kier alpha value is -2.84. The summed E-state index contributed by atoms with van der Waals surface area (Å²) in [5.41, 5.74) is 14.1. The number of nitrogens with zero attached hydrogens (tertiary/aromatic N) is 1. The molecule has 7 N–H and O–H groups in total. The normalized spacial score (nSPS) is 10.1. The molecule has 0 heterocycles. The number of hydrogen-bond acceptors (Lipinski definition) is 5. The highest BCUT2D eigenvalue weighted by Crippen LogP contribution is 2.28. The van der Waals surface area contributed by atoms with Crippen LogP contribution in [0.1, 0.15) is 10.4 Å². The van der Waals surface area contributed by atoms with Gasteiger partial charge in [0.25, 0.3) is 0 Å². The summed E-state index contributed by atoms with van der Waals surface area (Å²) in [6.45, 7) is -0.928. The maximum Gasteiger partial charge on any atom is 0.340 e. The summed E-state index contributed by atoms with van der Waals surface area (Å²) in [6, 6.07) is 2.01. The fourth-order valence-electron chi connectivity index (χ4n) is 1.67. The van der Waals surface area contributed by atoms with Crippen LogP contribution in [0.3, 0.4) is 0 Å². The average Bonchev–Trinajstić information content (AvgIpc) is 2.29. The Labute approximate surface area is 112 Å². The Kier molecular flexibility index (Phi) is 4.46. The zero-order chi connectivity index (χ0) is 15.4. The van der Waals surface area contributed by atoms with E-state index in [0.717, 1.165) is 17.0 Å². The van der Waals surface area contributed by atoms with Gasteiger partial charge in [0.2, 0.25) is 11.8 Å². The molecule has 0 bridgehead atoms. The molecule has 0 aromatic heterocycles. The van der Waals surface area contributed by atoms with Crippen molar-refractivity contribution < 1.29 is 23.9 Å². The van der Waals surface area contributed by atoms with Crippen LogP contribution >= 0.6 is 0 Å². The number of amides is 2. The SMILES string of the molecule is NC(=O)CN(CC(N)=O)c1ccc(F)c(N)c1C(=O)O. The van der Waals surface area contributed by atoms with Crippen molar-refractivity contribution in [2.24, 2.45) is 11.5 Å². The van der Waals surface area contributed by atoms with Gasteiger partial charge in [0.1, 0.15) is 11.4 Å². The van der Waals surface area contributed by atoms with E-state index < -0.39 is 47.9 Å². The van der Waals surface area contributed by atoms with Gasteiger partial charge < -0.3 is 27.2 Å². The van der Waals surface area contributed by atoms with Gasteiger partial charge in [-0.25, -0.2) is 9.18 Å². The Morgan fingerprint density at radius 2 is 1.65 bits per heavy atom. The summed E-state index contributed by atoms with van der Waals surface area (Å²) in [6.07, 6.45) is 0. The molecule has 108 valence electrons. The Morgan fingerprint density at radius 3 is 2.05 bits per heavy atom. The minimum Gasteiger partial charge on any atom is -0.478 e. The largest absolute Gasteiger partial charge is 0.478 e. The predicted molar refractivity (Wildman–Crippen MR) is 68.4 cm³/mol. The minimum absolute atomic E-state index is 0.117. The fourth-order valence-corrected chi connectivity index (χ4v) is 1.67. The van der Waals surface area contributed by atoms with E-state index in [4.69, 9.17) is 22.3 Å². The summed E-state index contributed by atoms with van der Waals surface area (Å²) in [5, 5.41) is 9.08. The average molecular weight is 284 g/mol. The standard InChI is InChI=1S/C11H13FN4O4/c12-5-1-2-6(9(10(5)15)11(19)20)16(3-7(13)17)4-8(14)18/h1-2H,3-4,15H2,(H2,13,17)(H2,14,18)(H,19,20). The number of nitrogens with two attached hydrogens (primary N) is 3. The van der Waals surface area contributed by atoms with Gasteiger partial charge in [-0.15, -0.1) is 0 Å². The topological polar surface area (TPSA) is 153 Å². The minimum atomic E-state index is -1.50. The van der Waals surface area contributed by atoms with E-state index in [1.807, 2.05) is 0 Å². The van der Waals surface area contributed by atoms with Crippen molar-refractivity contribution >= 4 is 29.2 Å². The second-order valence-electron chi connectivity index (χ2n) is 3.95. The van der Waals surface area contributed by atoms with Crippen molar-refractivity contribution in [2.75, 3.05) is 23.7 Å². The van der Waals surface area contributed by atoms with Crippen LogP contribution in [0.5, 0.6) is 0 Å². The number of carbonyl (C=O) groups excluding carboxylic acids is 2. The summed E-state index contributed by atoms with van der Waals surface area (Å²) >= 11 is 0. The Morgan fingerprint density at radius 1 is 1.15 bits per heavy atom. The number of anilines is 2. The number of nitrogen functional groups attached to an aromatic ring is 1. The van der Waals surface area contributed by atoms with Gasteiger partial charge in [0, 0.05) is 0 Å². The molecule has 20 heavy (non-hydrogen) atoms. The van der Waals surface area contributed by atoms with E-state index in [-0.39, 0.29) is 5.69 Å². The second-order valence-corrected chi connectivity index (χ2v) is 3.95. The number of carboxylic acids is 1. The number of carboxylic acid groups (broad SMARTS) is 1. The highest BCUT2D eigenvalue weighted by Gasteiger charge is 2.23. The summed E-state index contributed by atoms with van der Waals surface area (Å²) in [5.74, 6) is -4.06. The van der Waals surface area contributed by atoms with E-state index in [9.17, 15) is 18.8 Å². The van der Waals surface area contributed by atoms with E-state index in [1.165, 1.54) is 0 Å². The summed E-state index contributed by atoms with van der Waals surface area (Å²) in [4.78, 5) is 34.1. The number of carbonyl (C=O) groups is 3. The number of primary amides is 2. The van der Waals surface area contributed by atoms with Gasteiger partial charge in [-0.05, 0) is 12.1 Å². The molecule has 0 spiro atoms. The van der Waals surface area contributed by atoms with Crippen molar-refractivity contribution in [1.29, 1.82) is 0 Å². The smallest absolute Gasteiger partial charge is 0.340 e. The molecule has 0 saturated carbocycles. The van der Waals surface area contributed by atoms with Crippen molar-refractivity contribution in [2.45, 2.75) is 0 Å². The maximum absolute atomic E-state index is 13.3. The molecule has 0 unspecified atom stereocenters. The molecule has 2 amide bonds. The summed E-state index contributed by atoms with van der Waals surface area (Å²) in [7, 11) is 0. The van der Waals surface area contributed by atoms with Crippen LogP contribution in [0.25, 0.3) is 0 Å². The molecule has 0 saturated heterocycles. The van der Waals surface area contributed by atoms with Crippen LogP contribution in [-0.4, -0.2) is 36.0 Å². The third-order valence-electron chi connectivity index (χ3n) is 2.42. The molecule has 8 nitrogen and oxygen atoms in total. The van der Waals surface area contributed by atoms with Gasteiger partial charge in [-0.3, -0.25) is 9.59 Å². The lowest BCUT2D eigenvalue weighted by Crippen LogP contribution is -2.40. The van der Waals surface area contributed by atoms with Crippen LogP contribution < -0.4 is 22.1 Å². The van der Waals surface area contributed by atoms with Gasteiger partial charge in [-0.2, -0.15) is 0 Å². The monoisotopic (exact) mass is 284 g/mol. The number of aromatic carboxylic acids is 1. The summed E-state index contributed by atoms with van der Waals surface area (Å²) < 4.78 is 13.3. The molecule has 9 heteroatoms. The molecule has 1 aromatic carbocycles. The number of hydrogen-bond donors (Lipinski definition) is 4. The van der Waals surface area contributed by atoms with E-state index in [0.29, 0.717) is 0 Å². The number of halogens is 1. The van der Waals surface area contributed by atoms with E-state index in [1.54, 1.807) is 0 Å². The molecular weight excluding hydrogens is 271 g/mol.